The molecule has 1 N–H and O–H groups in total. The van der Waals surface area contributed by atoms with E-state index in [9.17, 15) is 0 Å². The molecule has 0 aliphatic carbocycles. The summed E-state index contributed by atoms with van der Waals surface area (Å²) >= 11 is 0. The minimum Gasteiger partial charge on any atom is -0.334 e. The second kappa shape index (κ2) is 6.72. The number of aryl methyl sites for hydroxylation is 1. The third-order valence-corrected chi connectivity index (χ3v) is 5.11. The van der Waals surface area contributed by atoms with Crippen LogP contribution in [-0.2, 0) is 6.54 Å². The minimum absolute atomic E-state index is 0.315. The maximum Gasteiger partial charge on any atom is 0.105 e. The van der Waals surface area contributed by atoms with Gasteiger partial charge in [-0.2, -0.15) is 0 Å². The summed E-state index contributed by atoms with van der Waals surface area (Å²) in [5.74, 6) is 1.12. The Labute approximate surface area is 123 Å². The maximum absolute atomic E-state index is 4.31. The summed E-state index contributed by atoms with van der Waals surface area (Å²) in [6.45, 7) is 13.5. The van der Waals surface area contributed by atoms with Crippen LogP contribution >= 0.6 is 0 Å². The first kappa shape index (κ1) is 15.5. The molecule has 1 atom stereocenters. The lowest BCUT2D eigenvalue weighted by molar-refractivity contribution is 0.0675. The van der Waals surface area contributed by atoms with Crippen LogP contribution in [0.3, 0.4) is 0 Å². The Bertz CT molecular complexity index is 408. The van der Waals surface area contributed by atoms with Gasteiger partial charge in [-0.3, -0.25) is 4.90 Å². The van der Waals surface area contributed by atoms with E-state index < -0.39 is 0 Å². The molecule has 1 aliphatic heterocycles. The highest BCUT2D eigenvalue weighted by Crippen LogP contribution is 2.23. The molecular formula is C16H30N4. The van der Waals surface area contributed by atoms with Crippen molar-refractivity contribution >= 4 is 0 Å². The van der Waals surface area contributed by atoms with Crippen LogP contribution in [0.25, 0.3) is 0 Å². The van der Waals surface area contributed by atoms with Crippen LogP contribution in [0, 0.1) is 6.92 Å². The molecule has 20 heavy (non-hydrogen) atoms. The quantitative estimate of drug-likeness (QED) is 0.867. The lowest BCUT2D eigenvalue weighted by Crippen LogP contribution is -2.64. The predicted molar refractivity (Wildman–Crippen MR) is 83.9 cm³/mol. The molecule has 0 bridgehead atoms. The van der Waals surface area contributed by atoms with Crippen LogP contribution in [0.4, 0.5) is 0 Å². The number of hydrogen-bond acceptors (Lipinski definition) is 3. The van der Waals surface area contributed by atoms with Crippen LogP contribution in [0.2, 0.25) is 0 Å². The highest BCUT2D eigenvalue weighted by Gasteiger charge is 2.35. The van der Waals surface area contributed by atoms with Crippen molar-refractivity contribution in [3.63, 3.8) is 0 Å². The van der Waals surface area contributed by atoms with Gasteiger partial charge >= 0.3 is 0 Å². The zero-order valence-corrected chi connectivity index (χ0v) is 13.5. The average Bonchev–Trinajstić information content (AvgIpc) is 2.90. The zero-order valence-electron chi connectivity index (χ0n) is 13.5. The normalized spacial score (nSPS) is 23.1. The summed E-state index contributed by atoms with van der Waals surface area (Å²) in [4.78, 5) is 7.00. The summed E-state index contributed by atoms with van der Waals surface area (Å²) in [5, 5.41) is 3.81. The SMILES string of the molecule is CCC1CNC(CC)(CC)CN1CCn1ccnc1C. The first-order chi connectivity index (χ1) is 9.64. The van der Waals surface area contributed by atoms with Crippen molar-refractivity contribution in [1.82, 2.24) is 19.8 Å². The standard InChI is InChI=1S/C16H30N4/c1-5-15-12-18-16(6-2,7-3)13-20(15)11-10-19-9-8-17-14(19)4/h8-9,15,18H,5-7,10-13H2,1-4H3. The first-order valence-electron chi connectivity index (χ1n) is 8.11. The topological polar surface area (TPSA) is 33.1 Å². The minimum atomic E-state index is 0.315. The smallest absolute Gasteiger partial charge is 0.105 e. The lowest BCUT2D eigenvalue weighted by atomic mass is 9.88. The third-order valence-electron chi connectivity index (χ3n) is 5.11. The van der Waals surface area contributed by atoms with Gasteiger partial charge in [-0.15, -0.1) is 0 Å². The first-order valence-corrected chi connectivity index (χ1v) is 8.11. The van der Waals surface area contributed by atoms with Crippen LogP contribution in [0.1, 0.15) is 45.9 Å². The molecule has 2 heterocycles. The van der Waals surface area contributed by atoms with E-state index in [0.29, 0.717) is 11.6 Å². The van der Waals surface area contributed by atoms with Crippen molar-refractivity contribution in [3.05, 3.63) is 18.2 Å². The Morgan fingerprint density at radius 1 is 1.30 bits per heavy atom. The molecule has 0 saturated carbocycles. The second-order valence-corrected chi connectivity index (χ2v) is 6.07. The van der Waals surface area contributed by atoms with Crippen LogP contribution in [0.5, 0.6) is 0 Å². The molecule has 1 unspecified atom stereocenters. The van der Waals surface area contributed by atoms with E-state index in [0.717, 1.165) is 25.5 Å². The summed E-state index contributed by atoms with van der Waals surface area (Å²) < 4.78 is 2.26. The van der Waals surface area contributed by atoms with Gasteiger partial charge in [-0.05, 0) is 26.2 Å². The van der Waals surface area contributed by atoms with Crippen LogP contribution in [-0.4, -0.2) is 45.7 Å². The predicted octanol–water partition coefficient (Wildman–Crippen LogP) is 2.43. The molecule has 1 aromatic heterocycles. The van der Waals surface area contributed by atoms with Crippen molar-refractivity contribution in [2.45, 2.75) is 65.1 Å². The van der Waals surface area contributed by atoms with E-state index in [2.05, 4.69) is 53.7 Å². The molecule has 4 heteroatoms. The molecule has 0 aromatic carbocycles. The van der Waals surface area contributed by atoms with Crippen molar-refractivity contribution in [2.75, 3.05) is 19.6 Å². The molecule has 0 spiro atoms. The van der Waals surface area contributed by atoms with Crippen molar-refractivity contribution in [2.24, 2.45) is 0 Å². The van der Waals surface area contributed by atoms with Gasteiger partial charge in [0.15, 0.2) is 0 Å². The highest BCUT2D eigenvalue weighted by molar-refractivity contribution is 4.97. The van der Waals surface area contributed by atoms with E-state index in [-0.39, 0.29) is 0 Å². The molecular weight excluding hydrogens is 248 g/mol. The third kappa shape index (κ3) is 3.23. The van der Waals surface area contributed by atoms with Crippen LogP contribution < -0.4 is 5.32 Å². The molecule has 1 fully saturated rings. The zero-order chi connectivity index (χ0) is 14.6. The molecule has 1 saturated heterocycles. The van der Waals surface area contributed by atoms with E-state index >= 15 is 0 Å². The van der Waals surface area contributed by atoms with E-state index in [1.807, 2.05) is 6.20 Å². The molecule has 4 nitrogen and oxygen atoms in total. The monoisotopic (exact) mass is 278 g/mol. The number of piperazine rings is 1. The Morgan fingerprint density at radius 2 is 2.05 bits per heavy atom. The van der Waals surface area contributed by atoms with Gasteiger partial charge < -0.3 is 9.88 Å². The fraction of sp³-hybridized carbons (Fsp3) is 0.812. The Morgan fingerprint density at radius 3 is 2.60 bits per heavy atom. The fourth-order valence-electron chi connectivity index (χ4n) is 3.30. The summed E-state index contributed by atoms with van der Waals surface area (Å²) in [5.41, 5.74) is 0.315. The number of imidazole rings is 1. The van der Waals surface area contributed by atoms with Gasteiger partial charge in [0.2, 0.25) is 0 Å². The van der Waals surface area contributed by atoms with Crippen molar-refractivity contribution in [3.8, 4) is 0 Å². The molecule has 0 amide bonds. The number of hydrogen-bond donors (Lipinski definition) is 1. The molecule has 2 rings (SSSR count). The molecule has 0 radical (unpaired) electrons. The summed E-state index contributed by atoms with van der Waals surface area (Å²) in [6.07, 6.45) is 7.62. The summed E-state index contributed by atoms with van der Waals surface area (Å²) in [7, 11) is 0. The van der Waals surface area contributed by atoms with E-state index in [1.54, 1.807) is 0 Å². The molecule has 1 aromatic rings. The van der Waals surface area contributed by atoms with Gasteiger partial charge in [0.1, 0.15) is 5.82 Å². The number of aromatic nitrogens is 2. The summed E-state index contributed by atoms with van der Waals surface area (Å²) in [6, 6.07) is 0.671. The number of rotatable bonds is 6. The Hall–Kier alpha value is -0.870. The number of nitrogens with zero attached hydrogens (tertiary/aromatic N) is 3. The Balaban J connectivity index is 2.00. The van der Waals surface area contributed by atoms with Crippen molar-refractivity contribution in [1.29, 1.82) is 0 Å². The number of nitrogens with one attached hydrogen (secondary N) is 1. The average molecular weight is 278 g/mol. The van der Waals surface area contributed by atoms with E-state index in [4.69, 9.17) is 0 Å². The van der Waals surface area contributed by atoms with E-state index in [1.165, 1.54) is 25.8 Å². The van der Waals surface area contributed by atoms with Gasteiger partial charge in [-0.1, -0.05) is 20.8 Å². The second-order valence-electron chi connectivity index (χ2n) is 6.07. The largest absolute Gasteiger partial charge is 0.334 e. The maximum atomic E-state index is 4.31. The lowest BCUT2D eigenvalue weighted by Gasteiger charge is -2.47. The van der Waals surface area contributed by atoms with Gasteiger partial charge in [-0.25, -0.2) is 4.98 Å². The van der Waals surface area contributed by atoms with Gasteiger partial charge in [0.25, 0.3) is 0 Å². The molecule has 1 aliphatic rings. The van der Waals surface area contributed by atoms with Crippen LogP contribution in [0.15, 0.2) is 12.4 Å². The Kier molecular flexibility index (Phi) is 5.22. The molecule has 114 valence electrons. The van der Waals surface area contributed by atoms with Crippen molar-refractivity contribution < 1.29 is 0 Å². The van der Waals surface area contributed by atoms with Gasteiger partial charge in [0, 0.05) is 50.2 Å². The fourth-order valence-corrected chi connectivity index (χ4v) is 3.30. The van der Waals surface area contributed by atoms with Gasteiger partial charge in [0.05, 0.1) is 0 Å². The highest BCUT2D eigenvalue weighted by atomic mass is 15.3.